The van der Waals surface area contributed by atoms with Crippen LogP contribution in [-0.2, 0) is 10.3 Å². The van der Waals surface area contributed by atoms with Crippen LogP contribution in [0.1, 0.15) is 43.7 Å². The zero-order valence-corrected chi connectivity index (χ0v) is 30.1. The number of allylic oxidation sites excluding steroid dienone is 3. The molecule has 250 valence electrons. The number of thioether (sulfide) groups is 1. The van der Waals surface area contributed by atoms with Crippen LogP contribution >= 0.6 is 58.2 Å². The number of nitriles is 2. The number of para-hydroxylation sites is 2. The summed E-state index contributed by atoms with van der Waals surface area (Å²) in [7, 11) is 0. The summed E-state index contributed by atoms with van der Waals surface area (Å²) in [5, 5.41) is 28.0. The molecule has 1 atom stereocenters. The molecule has 0 saturated carbocycles. The summed E-state index contributed by atoms with van der Waals surface area (Å²) in [6, 6.07) is 30.6. The van der Waals surface area contributed by atoms with Crippen molar-refractivity contribution in [2.75, 3.05) is 10.6 Å². The van der Waals surface area contributed by atoms with Crippen LogP contribution in [0.5, 0.6) is 11.5 Å². The van der Waals surface area contributed by atoms with Gasteiger partial charge >= 0.3 is 5.97 Å². The first-order valence-corrected chi connectivity index (χ1v) is 18.0. The molecule has 9 rings (SSSR count). The SMILES string of the molecule is N#C/C(=C1/C=Cc2ccccc2N1)c1ccc2c(c1)Oc1cc(/C(C#N)=C3/Nc4ccccc4S3)ccc1C21OC(=O)c2c(Cl)c(Cl)c(Cl)c(Cl)c21. The minimum atomic E-state index is -1.68. The van der Waals surface area contributed by atoms with Crippen LogP contribution in [-0.4, -0.2) is 5.97 Å². The van der Waals surface area contributed by atoms with E-state index >= 15 is 0 Å². The smallest absolute Gasteiger partial charge is 0.341 e. The monoisotopic (exact) mass is 774 g/mol. The van der Waals surface area contributed by atoms with Crippen molar-refractivity contribution in [1.29, 1.82) is 10.5 Å². The maximum atomic E-state index is 13.8. The number of nitrogens with zero attached hydrogens (tertiary/aromatic N) is 2. The second kappa shape index (κ2) is 12.1. The topological polar surface area (TPSA) is 107 Å². The van der Waals surface area contributed by atoms with Crippen LogP contribution < -0.4 is 15.4 Å². The number of carbonyl (C=O) groups excluding carboxylic acids is 1. The van der Waals surface area contributed by atoms with Crippen molar-refractivity contribution in [3.05, 3.63) is 161 Å². The Hall–Kier alpha value is -5.32. The first-order chi connectivity index (χ1) is 25.2. The molecular formula is C40H18Cl4N4O3S. The van der Waals surface area contributed by atoms with E-state index in [1.807, 2.05) is 60.7 Å². The number of anilines is 2. The average molecular weight is 776 g/mol. The maximum absolute atomic E-state index is 13.8. The highest BCUT2D eigenvalue weighted by Crippen LogP contribution is 2.61. The second-order valence-corrected chi connectivity index (χ2v) is 14.6. The summed E-state index contributed by atoms with van der Waals surface area (Å²) in [5.41, 5.74) is 4.51. The Balaban J connectivity index is 1.25. The Kier molecular flexibility index (Phi) is 7.60. The minimum Gasteiger partial charge on any atom is -0.456 e. The molecule has 2 N–H and O–H groups in total. The fourth-order valence-electron chi connectivity index (χ4n) is 6.96. The molecule has 5 aromatic carbocycles. The van der Waals surface area contributed by atoms with Gasteiger partial charge in [0.25, 0.3) is 0 Å². The van der Waals surface area contributed by atoms with Crippen LogP contribution in [0.25, 0.3) is 17.2 Å². The van der Waals surface area contributed by atoms with Crippen LogP contribution in [0.2, 0.25) is 20.1 Å². The second-order valence-electron chi connectivity index (χ2n) is 12.1. The molecule has 1 spiro atoms. The van der Waals surface area contributed by atoms with Gasteiger partial charge in [-0.15, -0.1) is 0 Å². The van der Waals surface area contributed by atoms with Crippen LogP contribution in [0.15, 0.2) is 107 Å². The summed E-state index contributed by atoms with van der Waals surface area (Å²) < 4.78 is 13.0. The van der Waals surface area contributed by atoms with E-state index in [9.17, 15) is 15.3 Å². The van der Waals surface area contributed by atoms with E-state index in [0.717, 1.165) is 21.8 Å². The quantitative estimate of drug-likeness (QED) is 0.0790. The molecule has 0 aromatic heterocycles. The molecule has 0 saturated heterocycles. The Morgan fingerprint density at radius 2 is 1.35 bits per heavy atom. The number of hydrogen-bond acceptors (Lipinski definition) is 8. The van der Waals surface area contributed by atoms with Gasteiger partial charge in [-0.3, -0.25) is 0 Å². The molecule has 7 nitrogen and oxygen atoms in total. The van der Waals surface area contributed by atoms with Gasteiger partial charge in [0.2, 0.25) is 0 Å². The lowest BCUT2D eigenvalue weighted by Crippen LogP contribution is -2.33. The summed E-state index contributed by atoms with van der Waals surface area (Å²) in [4.78, 5) is 14.8. The van der Waals surface area contributed by atoms with Crippen LogP contribution in [0.4, 0.5) is 11.4 Å². The normalized spacial score (nSPS) is 19.0. The number of esters is 1. The van der Waals surface area contributed by atoms with Crippen molar-refractivity contribution in [2.24, 2.45) is 0 Å². The molecule has 4 aliphatic rings. The summed E-state index contributed by atoms with van der Waals surface area (Å²) >= 11 is 28.1. The Morgan fingerprint density at radius 1 is 0.712 bits per heavy atom. The van der Waals surface area contributed by atoms with E-state index in [-0.39, 0.29) is 42.7 Å². The van der Waals surface area contributed by atoms with Gasteiger partial charge in [-0.1, -0.05) is 107 Å². The molecule has 4 aliphatic heterocycles. The first-order valence-electron chi connectivity index (χ1n) is 15.7. The minimum absolute atomic E-state index is 0.0111. The highest BCUT2D eigenvalue weighted by molar-refractivity contribution is 8.04. The predicted octanol–water partition coefficient (Wildman–Crippen LogP) is 11.7. The van der Waals surface area contributed by atoms with Crippen molar-refractivity contribution in [3.63, 3.8) is 0 Å². The number of hydrogen-bond donors (Lipinski definition) is 2. The van der Waals surface area contributed by atoms with Crippen molar-refractivity contribution in [3.8, 4) is 23.6 Å². The van der Waals surface area contributed by atoms with Gasteiger partial charge in [-0.05, 0) is 65.2 Å². The molecule has 5 aromatic rings. The average Bonchev–Trinajstić information content (AvgIpc) is 3.72. The molecule has 1 unspecified atom stereocenters. The van der Waals surface area contributed by atoms with Crippen molar-refractivity contribution < 1.29 is 14.3 Å². The molecule has 0 amide bonds. The molecule has 12 heteroatoms. The Labute approximate surface area is 321 Å². The molecule has 4 heterocycles. The van der Waals surface area contributed by atoms with Crippen LogP contribution in [0.3, 0.4) is 0 Å². The van der Waals surface area contributed by atoms with Crippen LogP contribution in [0, 0.1) is 22.7 Å². The fourth-order valence-corrected chi connectivity index (χ4v) is 9.05. The first kappa shape index (κ1) is 32.6. The summed E-state index contributed by atoms with van der Waals surface area (Å²) in [6.45, 7) is 0. The summed E-state index contributed by atoms with van der Waals surface area (Å²) in [6.07, 6.45) is 3.78. The lowest BCUT2D eigenvalue weighted by atomic mass is 9.76. The highest BCUT2D eigenvalue weighted by atomic mass is 35.5. The lowest BCUT2D eigenvalue weighted by Gasteiger charge is -2.37. The third kappa shape index (κ3) is 4.70. The molecule has 0 fully saturated rings. The number of rotatable bonds is 2. The van der Waals surface area contributed by atoms with Gasteiger partial charge in [0.05, 0.1) is 53.2 Å². The Bertz CT molecular complexity index is 2650. The van der Waals surface area contributed by atoms with Gasteiger partial charge in [0.15, 0.2) is 5.60 Å². The molecule has 0 radical (unpaired) electrons. The zero-order chi connectivity index (χ0) is 35.9. The van der Waals surface area contributed by atoms with E-state index in [1.54, 1.807) is 36.4 Å². The third-order valence-electron chi connectivity index (χ3n) is 9.32. The van der Waals surface area contributed by atoms with Gasteiger partial charge in [-0.25, -0.2) is 4.79 Å². The number of carbonyl (C=O) groups is 1. The molecule has 0 aliphatic carbocycles. The maximum Gasteiger partial charge on any atom is 0.341 e. The predicted molar refractivity (Wildman–Crippen MR) is 205 cm³/mol. The fraction of sp³-hybridized carbons (Fsp3) is 0.0250. The van der Waals surface area contributed by atoms with E-state index in [1.165, 1.54) is 11.8 Å². The highest BCUT2D eigenvalue weighted by Gasteiger charge is 2.56. The molecule has 0 bridgehead atoms. The number of nitrogens with one attached hydrogen (secondary N) is 2. The zero-order valence-electron chi connectivity index (χ0n) is 26.3. The standard InChI is InChI=1S/C40H18Cl4N4O3S/c41-34-32-33(35(42)37(44)36(34)43)40(51-39(32)49)24-12-9-20(22(17-45)27-14-11-19-5-1-2-6-26(19)47-27)15-29(24)50-30-16-21(10-13-25(30)40)23(18-46)38-48-28-7-3-4-8-31(28)52-38/h1-16,47-48H/b27-22+,38-23-. The number of halogens is 4. The largest absolute Gasteiger partial charge is 0.456 e. The number of ether oxygens (including phenoxy) is 2. The van der Waals surface area contributed by atoms with E-state index in [4.69, 9.17) is 55.9 Å². The lowest BCUT2D eigenvalue weighted by molar-refractivity contribution is 0.0224. The van der Waals surface area contributed by atoms with Gasteiger partial charge < -0.3 is 20.1 Å². The van der Waals surface area contributed by atoms with Crippen molar-refractivity contribution in [1.82, 2.24) is 0 Å². The van der Waals surface area contributed by atoms with E-state index in [0.29, 0.717) is 44.1 Å². The summed E-state index contributed by atoms with van der Waals surface area (Å²) in [5.74, 6) is -0.196. The van der Waals surface area contributed by atoms with Gasteiger partial charge in [0.1, 0.15) is 23.6 Å². The third-order valence-corrected chi connectivity index (χ3v) is 12.2. The molecule has 52 heavy (non-hydrogen) atoms. The Morgan fingerprint density at radius 3 is 2.04 bits per heavy atom. The van der Waals surface area contributed by atoms with Gasteiger partial charge in [0, 0.05) is 27.3 Å². The number of benzene rings is 5. The van der Waals surface area contributed by atoms with Gasteiger partial charge in [-0.2, -0.15) is 10.5 Å². The number of fused-ring (bicyclic) bond motifs is 8. The van der Waals surface area contributed by atoms with Crippen molar-refractivity contribution in [2.45, 2.75) is 10.5 Å². The van der Waals surface area contributed by atoms with E-state index in [2.05, 4.69) is 22.8 Å². The van der Waals surface area contributed by atoms with E-state index < -0.39 is 11.6 Å². The molecular weight excluding hydrogens is 758 g/mol. The van der Waals surface area contributed by atoms with Crippen molar-refractivity contribution >= 4 is 92.7 Å².